The first-order chi connectivity index (χ1) is 17.5. The molecule has 0 aliphatic rings. The van der Waals surface area contributed by atoms with E-state index in [0.29, 0.717) is 40.7 Å². The summed E-state index contributed by atoms with van der Waals surface area (Å²) in [6, 6.07) is 21.7. The summed E-state index contributed by atoms with van der Waals surface area (Å²) in [6.45, 7) is 0.408. The minimum atomic E-state index is -0.359. The number of phenolic OH excluding ortho intramolecular Hbond substituents is 1. The molecule has 0 unspecified atom stereocenters. The summed E-state index contributed by atoms with van der Waals surface area (Å²) in [6.07, 6.45) is 2.18. The third-order valence-electron chi connectivity index (χ3n) is 5.75. The van der Waals surface area contributed by atoms with E-state index in [1.54, 1.807) is 31.4 Å². The molecule has 0 spiro atoms. The quantitative estimate of drug-likeness (QED) is 0.305. The van der Waals surface area contributed by atoms with Crippen molar-refractivity contribution < 1.29 is 14.6 Å². The average Bonchev–Trinajstić information content (AvgIpc) is 3.16. The Labute approximate surface area is 206 Å². The average molecular weight is 481 g/mol. The van der Waals surface area contributed by atoms with Gasteiger partial charge in [-0.1, -0.05) is 36.4 Å². The van der Waals surface area contributed by atoms with Crippen LogP contribution >= 0.6 is 0 Å². The van der Waals surface area contributed by atoms with Gasteiger partial charge in [-0.2, -0.15) is 9.78 Å². The summed E-state index contributed by atoms with van der Waals surface area (Å²) < 4.78 is 6.59. The molecule has 9 nitrogen and oxygen atoms in total. The molecule has 36 heavy (non-hydrogen) atoms. The van der Waals surface area contributed by atoms with Crippen molar-refractivity contribution in [3.63, 3.8) is 0 Å². The normalized spacial score (nSPS) is 11.4. The minimum absolute atomic E-state index is 0.118. The van der Waals surface area contributed by atoms with Crippen LogP contribution in [0.3, 0.4) is 0 Å². The van der Waals surface area contributed by atoms with Crippen LogP contribution in [0, 0.1) is 0 Å². The summed E-state index contributed by atoms with van der Waals surface area (Å²) in [4.78, 5) is 22.6. The highest BCUT2D eigenvalue weighted by Crippen LogP contribution is 2.28. The van der Waals surface area contributed by atoms with Crippen LogP contribution in [-0.4, -0.2) is 45.5 Å². The maximum Gasteiger partial charge on any atom is 0.257 e. The van der Waals surface area contributed by atoms with Crippen LogP contribution in [0.15, 0.2) is 77.9 Å². The van der Waals surface area contributed by atoms with E-state index in [0.717, 1.165) is 11.3 Å². The smallest absolute Gasteiger partial charge is 0.257 e. The molecule has 0 atom stereocenters. The van der Waals surface area contributed by atoms with Gasteiger partial charge in [0, 0.05) is 6.54 Å². The molecular formula is C27H24N6O3. The Hall–Kier alpha value is -4.92. The number of para-hydroxylation sites is 2. The number of carbonyl (C=O) groups is 1. The van der Waals surface area contributed by atoms with Gasteiger partial charge in [0.2, 0.25) is 0 Å². The first-order valence-corrected chi connectivity index (χ1v) is 11.3. The SMILES string of the molecule is COc1ccc(CCNC(=O)c2c(N)n(N=Cc3cccc(O)c3)c3nc4ccccc4nc23)cc1. The number of nitrogen functional groups attached to an aromatic ring is 1. The van der Waals surface area contributed by atoms with Gasteiger partial charge in [-0.05, 0) is 53.9 Å². The second-order valence-corrected chi connectivity index (χ2v) is 8.15. The molecule has 2 heterocycles. The number of amides is 1. The van der Waals surface area contributed by atoms with Gasteiger partial charge >= 0.3 is 0 Å². The lowest BCUT2D eigenvalue weighted by molar-refractivity contribution is 0.0956. The Morgan fingerprint density at radius 2 is 1.83 bits per heavy atom. The van der Waals surface area contributed by atoms with Gasteiger partial charge in [-0.3, -0.25) is 4.79 Å². The molecule has 180 valence electrons. The van der Waals surface area contributed by atoms with Crippen molar-refractivity contribution >= 4 is 40.1 Å². The van der Waals surface area contributed by atoms with Crippen LogP contribution in [0.25, 0.3) is 22.2 Å². The van der Waals surface area contributed by atoms with E-state index in [2.05, 4.69) is 20.4 Å². The Balaban J connectivity index is 1.49. The molecule has 3 aromatic carbocycles. The number of nitrogens with two attached hydrogens (primary N) is 1. The number of nitrogens with zero attached hydrogens (tertiary/aromatic N) is 4. The Kier molecular flexibility index (Phi) is 6.19. The lowest BCUT2D eigenvalue weighted by atomic mass is 10.1. The highest BCUT2D eigenvalue weighted by Gasteiger charge is 2.24. The first kappa shape index (κ1) is 22.9. The topological polar surface area (TPSA) is 128 Å². The summed E-state index contributed by atoms with van der Waals surface area (Å²) in [5, 5.41) is 17.1. The standard InChI is InChI=1S/C27H24N6O3/c1-36-20-11-9-17(10-12-20)13-14-29-27(35)23-24-26(32-22-8-3-2-7-21(22)31-24)33(25(23)28)30-16-18-5-4-6-19(34)15-18/h2-12,15-16,34H,13-14,28H2,1H3,(H,29,35). The fraction of sp³-hybridized carbons (Fsp3) is 0.111. The lowest BCUT2D eigenvalue weighted by Crippen LogP contribution is -2.26. The van der Waals surface area contributed by atoms with Gasteiger partial charge in [-0.25, -0.2) is 9.97 Å². The van der Waals surface area contributed by atoms with E-state index in [-0.39, 0.29) is 23.0 Å². The van der Waals surface area contributed by atoms with Gasteiger partial charge in [-0.15, -0.1) is 0 Å². The molecule has 9 heteroatoms. The zero-order valence-corrected chi connectivity index (χ0v) is 19.5. The largest absolute Gasteiger partial charge is 0.508 e. The summed E-state index contributed by atoms with van der Waals surface area (Å²) in [5.41, 5.74) is 10.4. The molecule has 5 rings (SSSR count). The molecular weight excluding hydrogens is 456 g/mol. The number of benzene rings is 3. The van der Waals surface area contributed by atoms with Gasteiger partial charge in [0.15, 0.2) is 5.65 Å². The Morgan fingerprint density at radius 1 is 1.08 bits per heavy atom. The van der Waals surface area contributed by atoms with Crippen LogP contribution < -0.4 is 15.8 Å². The zero-order valence-electron chi connectivity index (χ0n) is 19.5. The molecule has 0 saturated heterocycles. The van der Waals surface area contributed by atoms with Crippen molar-refractivity contribution in [3.05, 3.63) is 89.5 Å². The van der Waals surface area contributed by atoms with Crippen molar-refractivity contribution in [2.45, 2.75) is 6.42 Å². The lowest BCUT2D eigenvalue weighted by Gasteiger charge is -2.06. The number of hydrogen-bond donors (Lipinski definition) is 3. The number of ether oxygens (including phenoxy) is 1. The van der Waals surface area contributed by atoms with E-state index in [1.165, 1.54) is 10.9 Å². The van der Waals surface area contributed by atoms with Crippen molar-refractivity contribution in [1.82, 2.24) is 20.0 Å². The number of aromatic nitrogens is 3. The maximum absolute atomic E-state index is 13.3. The van der Waals surface area contributed by atoms with Crippen LogP contribution in [0.1, 0.15) is 21.5 Å². The summed E-state index contributed by atoms with van der Waals surface area (Å²) in [5.74, 6) is 0.660. The van der Waals surface area contributed by atoms with Crippen LogP contribution in [0.4, 0.5) is 5.82 Å². The number of nitrogens with one attached hydrogen (secondary N) is 1. The van der Waals surface area contributed by atoms with Gasteiger partial charge in [0.25, 0.3) is 5.91 Å². The zero-order chi connectivity index (χ0) is 25.1. The monoisotopic (exact) mass is 480 g/mol. The van der Waals surface area contributed by atoms with E-state index in [1.807, 2.05) is 48.5 Å². The molecule has 0 saturated carbocycles. The predicted octanol–water partition coefficient (Wildman–Crippen LogP) is 3.74. The van der Waals surface area contributed by atoms with Crippen molar-refractivity contribution in [2.24, 2.45) is 5.10 Å². The fourth-order valence-corrected chi connectivity index (χ4v) is 3.92. The molecule has 0 bridgehead atoms. The summed E-state index contributed by atoms with van der Waals surface area (Å²) in [7, 11) is 1.62. The molecule has 5 aromatic rings. The highest BCUT2D eigenvalue weighted by molar-refractivity contribution is 6.10. The number of aromatic hydroxyl groups is 1. The van der Waals surface area contributed by atoms with Crippen LogP contribution in [0.2, 0.25) is 0 Å². The number of methoxy groups -OCH3 is 1. The molecule has 0 radical (unpaired) electrons. The maximum atomic E-state index is 13.3. The fourth-order valence-electron chi connectivity index (χ4n) is 3.92. The second kappa shape index (κ2) is 9.75. The van der Waals surface area contributed by atoms with E-state index in [9.17, 15) is 9.90 Å². The Bertz CT molecular complexity index is 1590. The number of anilines is 1. The predicted molar refractivity (Wildman–Crippen MR) is 140 cm³/mol. The van der Waals surface area contributed by atoms with Crippen molar-refractivity contribution in [2.75, 3.05) is 19.4 Å². The number of fused-ring (bicyclic) bond motifs is 2. The van der Waals surface area contributed by atoms with Gasteiger partial charge < -0.3 is 20.9 Å². The van der Waals surface area contributed by atoms with Gasteiger partial charge in [0.05, 0.1) is 24.4 Å². The van der Waals surface area contributed by atoms with Crippen LogP contribution in [0.5, 0.6) is 11.5 Å². The molecule has 2 aromatic heterocycles. The van der Waals surface area contributed by atoms with Crippen LogP contribution in [-0.2, 0) is 6.42 Å². The highest BCUT2D eigenvalue weighted by atomic mass is 16.5. The van der Waals surface area contributed by atoms with E-state index >= 15 is 0 Å². The summed E-state index contributed by atoms with van der Waals surface area (Å²) >= 11 is 0. The van der Waals surface area contributed by atoms with E-state index < -0.39 is 0 Å². The third kappa shape index (κ3) is 4.54. The molecule has 1 amide bonds. The second-order valence-electron chi connectivity index (χ2n) is 8.15. The minimum Gasteiger partial charge on any atom is -0.508 e. The third-order valence-corrected chi connectivity index (χ3v) is 5.75. The molecule has 0 aliphatic heterocycles. The van der Waals surface area contributed by atoms with Gasteiger partial charge in [0.1, 0.15) is 28.4 Å². The van der Waals surface area contributed by atoms with E-state index in [4.69, 9.17) is 10.5 Å². The first-order valence-electron chi connectivity index (χ1n) is 11.3. The molecule has 0 fully saturated rings. The number of hydrogen-bond acceptors (Lipinski definition) is 7. The van der Waals surface area contributed by atoms with Crippen molar-refractivity contribution in [3.8, 4) is 11.5 Å². The Morgan fingerprint density at radius 3 is 2.56 bits per heavy atom. The molecule has 4 N–H and O–H groups in total. The number of phenols is 1. The number of rotatable bonds is 7. The van der Waals surface area contributed by atoms with Crippen molar-refractivity contribution in [1.29, 1.82) is 0 Å². The molecule has 0 aliphatic carbocycles. The number of carbonyl (C=O) groups excluding carboxylic acids is 1.